The van der Waals surface area contributed by atoms with E-state index in [9.17, 15) is 0 Å². The van der Waals surface area contributed by atoms with Crippen LogP contribution in [-0.4, -0.2) is 6.61 Å². The van der Waals surface area contributed by atoms with E-state index in [1.807, 2.05) is 0 Å². The van der Waals surface area contributed by atoms with E-state index in [1.54, 1.807) is 0 Å². The zero-order valence-corrected chi connectivity index (χ0v) is 7.63. The average Bonchev–Trinajstić information content (AvgIpc) is 2.31. The molecule has 1 heterocycles. The molecule has 1 nitrogen and oxygen atoms in total. The molecule has 0 aromatic heterocycles. The van der Waals surface area contributed by atoms with Crippen molar-refractivity contribution in [3.63, 3.8) is 0 Å². The van der Waals surface area contributed by atoms with Gasteiger partial charge in [0.1, 0.15) is 5.76 Å². The van der Waals surface area contributed by atoms with Crippen LogP contribution >= 0.6 is 0 Å². The lowest BCUT2D eigenvalue weighted by atomic mass is 9.92. The van der Waals surface area contributed by atoms with Gasteiger partial charge >= 0.3 is 0 Å². The maximum Gasteiger partial charge on any atom is 0.119 e. The van der Waals surface area contributed by atoms with Gasteiger partial charge in [0.2, 0.25) is 0 Å². The highest BCUT2D eigenvalue weighted by Crippen LogP contribution is 2.32. The number of rotatable bonds is 0. The van der Waals surface area contributed by atoms with Crippen LogP contribution in [0.25, 0.3) is 0 Å². The van der Waals surface area contributed by atoms with Crippen LogP contribution in [0.3, 0.4) is 0 Å². The fourth-order valence-corrected chi connectivity index (χ4v) is 1.58. The lowest BCUT2D eigenvalue weighted by molar-refractivity contribution is 0.261. The van der Waals surface area contributed by atoms with Crippen molar-refractivity contribution in [1.29, 1.82) is 0 Å². The first-order chi connectivity index (χ1) is 5.67. The zero-order chi connectivity index (χ0) is 8.60. The second-order valence-electron chi connectivity index (χ2n) is 3.98. The third kappa shape index (κ3) is 1.31. The highest BCUT2D eigenvalue weighted by Gasteiger charge is 2.21. The normalized spacial score (nSPS) is 25.2. The first-order valence-corrected chi connectivity index (χ1v) is 4.42. The third-order valence-corrected chi connectivity index (χ3v) is 2.27. The SMILES string of the molecule is CC1(C)C=CC=C2CCOC2=C1. The molecule has 1 fully saturated rings. The van der Waals surface area contributed by atoms with Crippen LogP contribution < -0.4 is 0 Å². The third-order valence-electron chi connectivity index (χ3n) is 2.27. The van der Waals surface area contributed by atoms with E-state index in [1.165, 1.54) is 5.57 Å². The molecule has 2 rings (SSSR count). The second kappa shape index (κ2) is 2.51. The van der Waals surface area contributed by atoms with Crippen LogP contribution in [0.2, 0.25) is 0 Å². The van der Waals surface area contributed by atoms with E-state index >= 15 is 0 Å². The summed E-state index contributed by atoms with van der Waals surface area (Å²) in [7, 11) is 0. The standard InChI is InChI=1S/C11H14O/c1-11(2)6-3-4-9-5-7-12-10(9)8-11/h3-4,6,8H,5,7H2,1-2H3. The van der Waals surface area contributed by atoms with Crippen molar-refractivity contribution in [1.82, 2.24) is 0 Å². The van der Waals surface area contributed by atoms with Crippen molar-refractivity contribution in [3.05, 3.63) is 35.6 Å². The predicted molar refractivity (Wildman–Crippen MR) is 49.7 cm³/mol. The number of hydrogen-bond acceptors (Lipinski definition) is 1. The van der Waals surface area contributed by atoms with Gasteiger partial charge in [-0.2, -0.15) is 0 Å². The first-order valence-electron chi connectivity index (χ1n) is 4.42. The molecule has 64 valence electrons. The summed E-state index contributed by atoms with van der Waals surface area (Å²) < 4.78 is 5.53. The fourth-order valence-electron chi connectivity index (χ4n) is 1.58. The quantitative estimate of drug-likeness (QED) is 0.532. The summed E-state index contributed by atoms with van der Waals surface area (Å²) >= 11 is 0. The van der Waals surface area contributed by atoms with Gasteiger partial charge in [-0.1, -0.05) is 32.1 Å². The molecule has 1 aliphatic heterocycles. The van der Waals surface area contributed by atoms with E-state index in [2.05, 4.69) is 38.2 Å². The predicted octanol–water partition coefficient (Wildman–Crippen LogP) is 2.81. The maximum absolute atomic E-state index is 5.53. The van der Waals surface area contributed by atoms with Gasteiger partial charge in [0.25, 0.3) is 0 Å². The Labute approximate surface area is 73.4 Å². The van der Waals surface area contributed by atoms with Gasteiger partial charge in [-0.25, -0.2) is 0 Å². The van der Waals surface area contributed by atoms with Crippen LogP contribution in [-0.2, 0) is 4.74 Å². The Balaban J connectivity index is 2.40. The molecule has 0 unspecified atom stereocenters. The van der Waals surface area contributed by atoms with E-state index in [4.69, 9.17) is 4.74 Å². The molecule has 0 aromatic rings. The fraction of sp³-hybridized carbons (Fsp3) is 0.455. The Morgan fingerprint density at radius 2 is 2.25 bits per heavy atom. The molecule has 0 radical (unpaired) electrons. The average molecular weight is 162 g/mol. The summed E-state index contributed by atoms with van der Waals surface area (Å²) in [4.78, 5) is 0. The summed E-state index contributed by atoms with van der Waals surface area (Å²) in [6.45, 7) is 5.23. The Bertz CT molecular complexity index is 279. The van der Waals surface area contributed by atoms with Crippen LogP contribution in [0.5, 0.6) is 0 Å². The minimum atomic E-state index is 0.137. The molecule has 0 amide bonds. The second-order valence-corrected chi connectivity index (χ2v) is 3.98. The maximum atomic E-state index is 5.53. The smallest absolute Gasteiger partial charge is 0.119 e. The number of hydrogen-bond donors (Lipinski definition) is 0. The van der Waals surface area contributed by atoms with Gasteiger partial charge in [-0.15, -0.1) is 0 Å². The summed E-state index contributed by atoms with van der Waals surface area (Å²) in [5.74, 6) is 1.09. The van der Waals surface area contributed by atoms with Gasteiger partial charge in [0.15, 0.2) is 0 Å². The Kier molecular flexibility index (Phi) is 1.60. The topological polar surface area (TPSA) is 9.23 Å². The van der Waals surface area contributed by atoms with Crippen molar-refractivity contribution in [2.24, 2.45) is 5.41 Å². The van der Waals surface area contributed by atoms with E-state index < -0.39 is 0 Å². The highest BCUT2D eigenvalue weighted by molar-refractivity contribution is 5.37. The van der Waals surface area contributed by atoms with Gasteiger partial charge < -0.3 is 4.74 Å². The number of allylic oxidation sites excluding steroid dienone is 5. The number of ether oxygens (including phenoxy) is 1. The minimum Gasteiger partial charge on any atom is -0.493 e. The summed E-state index contributed by atoms with van der Waals surface area (Å²) in [5, 5.41) is 0. The molecule has 0 atom stereocenters. The van der Waals surface area contributed by atoms with E-state index in [0.29, 0.717) is 0 Å². The molecule has 1 heteroatoms. The van der Waals surface area contributed by atoms with Crippen LogP contribution in [0.4, 0.5) is 0 Å². The lowest BCUT2D eigenvalue weighted by Gasteiger charge is -2.14. The first kappa shape index (κ1) is 7.66. The molecule has 0 aromatic carbocycles. The molecule has 0 saturated carbocycles. The van der Waals surface area contributed by atoms with Gasteiger partial charge in [0.05, 0.1) is 6.61 Å². The van der Waals surface area contributed by atoms with Gasteiger partial charge in [-0.05, 0) is 11.6 Å². The van der Waals surface area contributed by atoms with Crippen molar-refractivity contribution < 1.29 is 4.74 Å². The minimum absolute atomic E-state index is 0.137. The van der Waals surface area contributed by atoms with Crippen molar-refractivity contribution >= 4 is 0 Å². The largest absolute Gasteiger partial charge is 0.493 e. The van der Waals surface area contributed by atoms with E-state index in [0.717, 1.165) is 18.8 Å². The molecular formula is C11H14O. The van der Waals surface area contributed by atoms with Crippen LogP contribution in [0.15, 0.2) is 35.6 Å². The molecule has 1 saturated heterocycles. The van der Waals surface area contributed by atoms with Crippen LogP contribution in [0, 0.1) is 5.41 Å². The molecule has 0 bridgehead atoms. The Morgan fingerprint density at radius 1 is 1.42 bits per heavy atom. The molecule has 0 N–H and O–H groups in total. The Hall–Kier alpha value is -0.980. The monoisotopic (exact) mass is 162 g/mol. The van der Waals surface area contributed by atoms with Crippen LogP contribution in [0.1, 0.15) is 20.3 Å². The molecular weight excluding hydrogens is 148 g/mol. The Morgan fingerprint density at radius 3 is 3.08 bits per heavy atom. The molecule has 2 aliphatic rings. The molecule has 0 spiro atoms. The molecule has 12 heavy (non-hydrogen) atoms. The summed E-state index contributed by atoms with van der Waals surface area (Å²) in [6.07, 6.45) is 9.76. The molecule has 1 aliphatic carbocycles. The van der Waals surface area contributed by atoms with Gasteiger partial charge in [-0.3, -0.25) is 0 Å². The summed E-state index contributed by atoms with van der Waals surface area (Å²) in [5.41, 5.74) is 1.48. The van der Waals surface area contributed by atoms with E-state index in [-0.39, 0.29) is 5.41 Å². The number of fused-ring (bicyclic) bond motifs is 1. The van der Waals surface area contributed by atoms with Crippen molar-refractivity contribution in [2.75, 3.05) is 6.61 Å². The van der Waals surface area contributed by atoms with Crippen molar-refractivity contribution in [2.45, 2.75) is 20.3 Å². The van der Waals surface area contributed by atoms with Crippen molar-refractivity contribution in [3.8, 4) is 0 Å². The van der Waals surface area contributed by atoms with Gasteiger partial charge in [0, 0.05) is 11.8 Å². The zero-order valence-electron chi connectivity index (χ0n) is 7.63. The highest BCUT2D eigenvalue weighted by atomic mass is 16.5. The lowest BCUT2D eigenvalue weighted by Crippen LogP contribution is -2.03. The summed E-state index contributed by atoms with van der Waals surface area (Å²) in [6, 6.07) is 0.